The smallest absolute Gasteiger partial charge is 0.305 e. The van der Waals surface area contributed by atoms with Gasteiger partial charge < -0.3 is 14.2 Å². The van der Waals surface area contributed by atoms with Crippen molar-refractivity contribution in [2.24, 2.45) is 40.4 Å². The van der Waals surface area contributed by atoms with Crippen molar-refractivity contribution in [3.63, 3.8) is 0 Å². The highest BCUT2D eigenvalue weighted by molar-refractivity contribution is 6.01. The highest BCUT2D eigenvalue weighted by Gasteiger charge is 2.66. The summed E-state index contributed by atoms with van der Waals surface area (Å²) in [5.41, 5.74) is 0.345. The fourth-order valence-corrected chi connectivity index (χ4v) is 8.18. The first-order valence-electron chi connectivity index (χ1n) is 12.4. The molecule has 0 N–H and O–H groups in total. The standard InChI is InChI=1S/C27H36O7/c1-16(5-8-24(31)32-4)19-6-7-20-25-21(13-23(34-15-29)27(19,20)3)26(2)10-9-18(30)11-17(26)12-22(25)33-14-28/h9-11,14-16,19-23,25H,5-8,12-13H2,1-4H3/t16-,19-,20+,21+,22-,23+,25+,26+,27-/m1/s1. The fraction of sp³-hybridized carbons (Fsp3) is 0.704. The number of carbonyl (C=O) groups excluding carboxylic acids is 4. The molecule has 0 unspecified atom stereocenters. The molecule has 0 aliphatic heterocycles. The summed E-state index contributed by atoms with van der Waals surface area (Å²) >= 11 is 0. The summed E-state index contributed by atoms with van der Waals surface area (Å²) in [6, 6.07) is 0. The lowest BCUT2D eigenvalue weighted by Crippen LogP contribution is -2.60. The van der Waals surface area contributed by atoms with Crippen LogP contribution in [0.15, 0.2) is 23.8 Å². The second kappa shape index (κ2) is 9.31. The van der Waals surface area contributed by atoms with Gasteiger partial charge in [0.25, 0.3) is 12.9 Å². The molecule has 7 nitrogen and oxygen atoms in total. The minimum atomic E-state index is -0.346. The number of ether oxygens (including phenoxy) is 3. The van der Waals surface area contributed by atoms with E-state index in [2.05, 4.69) is 20.8 Å². The van der Waals surface area contributed by atoms with E-state index in [0.717, 1.165) is 18.4 Å². The van der Waals surface area contributed by atoms with Crippen molar-refractivity contribution in [2.45, 2.75) is 71.5 Å². The number of rotatable bonds is 8. The van der Waals surface area contributed by atoms with Crippen LogP contribution in [0.1, 0.15) is 59.3 Å². The molecule has 0 amide bonds. The number of esters is 1. The number of hydrogen-bond donors (Lipinski definition) is 0. The summed E-state index contributed by atoms with van der Waals surface area (Å²) in [6.07, 6.45) is 8.90. The summed E-state index contributed by atoms with van der Waals surface area (Å²) in [4.78, 5) is 47.1. The van der Waals surface area contributed by atoms with Crippen molar-refractivity contribution >= 4 is 24.7 Å². The first kappa shape index (κ1) is 24.7. The van der Waals surface area contributed by atoms with Crippen LogP contribution >= 0.6 is 0 Å². The minimum absolute atomic E-state index is 0.0440. The van der Waals surface area contributed by atoms with E-state index in [1.54, 1.807) is 12.2 Å². The highest BCUT2D eigenvalue weighted by Crippen LogP contribution is 2.68. The molecular weight excluding hydrogens is 436 g/mol. The lowest BCUT2D eigenvalue weighted by atomic mass is 9.45. The molecule has 34 heavy (non-hydrogen) atoms. The Morgan fingerprint density at radius 1 is 1.18 bits per heavy atom. The summed E-state index contributed by atoms with van der Waals surface area (Å²) in [5.74, 6) is 0.615. The first-order chi connectivity index (χ1) is 16.2. The Balaban J connectivity index is 1.72. The van der Waals surface area contributed by atoms with Crippen molar-refractivity contribution in [2.75, 3.05) is 7.11 Å². The largest absolute Gasteiger partial charge is 0.469 e. The van der Waals surface area contributed by atoms with Gasteiger partial charge in [-0.3, -0.25) is 19.2 Å². The van der Waals surface area contributed by atoms with Gasteiger partial charge in [0.05, 0.1) is 7.11 Å². The number of carbonyl (C=O) groups is 4. The van der Waals surface area contributed by atoms with E-state index < -0.39 is 0 Å². The lowest BCUT2D eigenvalue weighted by molar-refractivity contribution is -0.186. The van der Waals surface area contributed by atoms with Gasteiger partial charge >= 0.3 is 5.97 Å². The normalized spacial score (nSPS) is 41.3. The number of ketones is 1. The molecule has 4 aliphatic carbocycles. The molecule has 4 rings (SSSR count). The SMILES string of the molecule is COC(=O)CC[C@@H](C)[C@H]1CC[C@H]2[C@@H]3[C@H](OC=O)CC4=CC(=O)C=C[C@]4(C)[C@H]3C[C@H](OC=O)[C@]12C. The van der Waals surface area contributed by atoms with Gasteiger partial charge in [0, 0.05) is 29.6 Å². The second-order valence-electron chi connectivity index (χ2n) is 11.1. The number of fused-ring (bicyclic) bond motifs is 5. The number of hydrogen-bond acceptors (Lipinski definition) is 7. The van der Waals surface area contributed by atoms with Gasteiger partial charge in [-0.25, -0.2) is 0 Å². The monoisotopic (exact) mass is 472 g/mol. The Hall–Kier alpha value is -2.44. The third kappa shape index (κ3) is 3.81. The molecule has 0 aromatic heterocycles. The predicted molar refractivity (Wildman–Crippen MR) is 123 cm³/mol. The molecule has 0 heterocycles. The Morgan fingerprint density at radius 2 is 1.91 bits per heavy atom. The van der Waals surface area contributed by atoms with Crippen LogP contribution in [-0.2, 0) is 33.4 Å². The van der Waals surface area contributed by atoms with Crippen molar-refractivity contribution in [1.82, 2.24) is 0 Å². The summed E-state index contributed by atoms with van der Waals surface area (Å²) in [6.45, 7) is 7.64. The Labute approximate surface area is 201 Å². The van der Waals surface area contributed by atoms with E-state index in [-0.39, 0.29) is 64.4 Å². The van der Waals surface area contributed by atoms with Gasteiger partial charge in [-0.15, -0.1) is 0 Å². The van der Waals surface area contributed by atoms with Crippen LogP contribution in [0.2, 0.25) is 0 Å². The van der Waals surface area contributed by atoms with Crippen LogP contribution in [0.3, 0.4) is 0 Å². The summed E-state index contributed by atoms with van der Waals surface area (Å²) in [5, 5.41) is 0. The molecule has 0 radical (unpaired) electrons. The van der Waals surface area contributed by atoms with Crippen molar-refractivity contribution < 1.29 is 33.4 Å². The van der Waals surface area contributed by atoms with Gasteiger partial charge in [-0.05, 0) is 61.5 Å². The van der Waals surface area contributed by atoms with E-state index in [1.807, 2.05) is 6.08 Å². The first-order valence-corrected chi connectivity index (χ1v) is 12.4. The van der Waals surface area contributed by atoms with E-state index >= 15 is 0 Å². The second-order valence-corrected chi connectivity index (χ2v) is 11.1. The van der Waals surface area contributed by atoms with Crippen LogP contribution in [0, 0.1) is 40.4 Å². The maximum atomic E-state index is 12.2. The van der Waals surface area contributed by atoms with Gasteiger partial charge in [0.15, 0.2) is 5.78 Å². The zero-order valence-electron chi connectivity index (χ0n) is 20.5. The van der Waals surface area contributed by atoms with E-state index in [1.165, 1.54) is 7.11 Å². The van der Waals surface area contributed by atoms with Gasteiger partial charge in [0.1, 0.15) is 12.2 Å². The fourth-order valence-electron chi connectivity index (χ4n) is 8.18. The molecule has 0 bridgehead atoms. The van der Waals surface area contributed by atoms with Crippen molar-refractivity contribution in [1.29, 1.82) is 0 Å². The molecule has 186 valence electrons. The third-order valence-corrected chi connectivity index (χ3v) is 9.87. The Morgan fingerprint density at radius 3 is 2.59 bits per heavy atom. The van der Waals surface area contributed by atoms with Gasteiger partial charge in [-0.1, -0.05) is 32.4 Å². The highest BCUT2D eigenvalue weighted by atomic mass is 16.5. The lowest BCUT2D eigenvalue weighted by Gasteiger charge is -2.60. The Bertz CT molecular complexity index is 907. The molecule has 9 atom stereocenters. The van der Waals surface area contributed by atoms with Crippen LogP contribution in [0.5, 0.6) is 0 Å². The third-order valence-electron chi connectivity index (χ3n) is 9.87. The zero-order valence-corrected chi connectivity index (χ0v) is 20.5. The molecule has 3 saturated carbocycles. The molecule has 3 fully saturated rings. The van der Waals surface area contributed by atoms with Gasteiger partial charge in [-0.2, -0.15) is 0 Å². The average Bonchev–Trinajstić information content (AvgIpc) is 3.17. The number of allylic oxidation sites excluding steroid dienone is 3. The average molecular weight is 473 g/mol. The predicted octanol–water partition coefficient (Wildman–Crippen LogP) is 3.80. The van der Waals surface area contributed by atoms with Crippen molar-refractivity contribution in [3.05, 3.63) is 23.8 Å². The van der Waals surface area contributed by atoms with E-state index in [4.69, 9.17) is 14.2 Å². The molecule has 0 aromatic rings. The topological polar surface area (TPSA) is 96.0 Å². The maximum Gasteiger partial charge on any atom is 0.305 e. The molecule has 4 aliphatic rings. The quantitative estimate of drug-likeness (QED) is 0.301. The molecule has 0 saturated heterocycles. The Kier molecular flexibility index (Phi) is 6.76. The molecule has 7 heteroatoms. The molecule has 0 aromatic carbocycles. The molecular formula is C27H36O7. The minimum Gasteiger partial charge on any atom is -0.469 e. The van der Waals surface area contributed by atoms with Crippen LogP contribution in [0.25, 0.3) is 0 Å². The maximum absolute atomic E-state index is 12.2. The molecule has 0 spiro atoms. The van der Waals surface area contributed by atoms with Crippen LogP contribution in [-0.4, -0.2) is 44.0 Å². The summed E-state index contributed by atoms with van der Waals surface area (Å²) in [7, 11) is 1.40. The van der Waals surface area contributed by atoms with E-state index in [0.29, 0.717) is 38.6 Å². The van der Waals surface area contributed by atoms with Crippen LogP contribution < -0.4 is 0 Å². The van der Waals surface area contributed by atoms with Crippen LogP contribution in [0.4, 0.5) is 0 Å². The summed E-state index contributed by atoms with van der Waals surface area (Å²) < 4.78 is 16.4. The van der Waals surface area contributed by atoms with Crippen molar-refractivity contribution in [3.8, 4) is 0 Å². The zero-order chi connectivity index (χ0) is 24.7. The number of methoxy groups -OCH3 is 1. The van der Waals surface area contributed by atoms with Gasteiger partial charge in [0.2, 0.25) is 0 Å². The van der Waals surface area contributed by atoms with E-state index in [9.17, 15) is 19.2 Å².